The molecule has 0 atom stereocenters. The largest absolute Gasteiger partial charge is 0.491 e. The second-order valence-electron chi connectivity index (χ2n) is 7.56. The fraction of sp³-hybridized carbons (Fsp3) is 0.364. The van der Waals surface area contributed by atoms with Gasteiger partial charge in [-0.2, -0.15) is 0 Å². The van der Waals surface area contributed by atoms with Crippen LogP contribution in [0.2, 0.25) is 0 Å². The van der Waals surface area contributed by atoms with Crippen LogP contribution in [-0.2, 0) is 16.0 Å². The van der Waals surface area contributed by atoms with Crippen LogP contribution in [0.25, 0.3) is 0 Å². The molecule has 5 nitrogen and oxygen atoms in total. The lowest BCUT2D eigenvalue weighted by Crippen LogP contribution is -2.42. The van der Waals surface area contributed by atoms with E-state index < -0.39 is 5.41 Å². The van der Waals surface area contributed by atoms with Gasteiger partial charge in [0.1, 0.15) is 11.2 Å². The van der Waals surface area contributed by atoms with Gasteiger partial charge in [-0.3, -0.25) is 9.59 Å². The van der Waals surface area contributed by atoms with E-state index in [1.54, 1.807) is 17.0 Å². The predicted octanol–water partition coefficient (Wildman–Crippen LogP) is 3.78. The van der Waals surface area contributed by atoms with Gasteiger partial charge in [-0.15, -0.1) is 0 Å². The van der Waals surface area contributed by atoms with Gasteiger partial charge >= 0.3 is 0 Å². The number of carbonyl (C=O) groups is 2. The van der Waals surface area contributed by atoms with Crippen LogP contribution in [0, 0.1) is 5.41 Å². The Bertz CT molecular complexity index is 869. The van der Waals surface area contributed by atoms with Gasteiger partial charge in [-0.05, 0) is 69.0 Å². The highest BCUT2D eigenvalue weighted by Crippen LogP contribution is 2.49. The molecule has 0 saturated heterocycles. The zero-order valence-electron chi connectivity index (χ0n) is 15.7. The molecule has 1 heterocycles. The highest BCUT2D eigenvalue weighted by Gasteiger charge is 2.58. The average Bonchev–Trinajstić information content (AvgIpc) is 3.36. The maximum atomic E-state index is 13.1. The summed E-state index contributed by atoms with van der Waals surface area (Å²) in [6.07, 6.45) is 2.15. The highest BCUT2D eigenvalue weighted by atomic mass is 16.5. The Morgan fingerprint density at radius 1 is 1.07 bits per heavy atom. The van der Waals surface area contributed by atoms with Gasteiger partial charge in [-0.25, -0.2) is 0 Å². The summed E-state index contributed by atoms with van der Waals surface area (Å²) in [6, 6.07) is 15.2. The molecule has 1 N–H and O–H groups in total. The fourth-order valence-electron chi connectivity index (χ4n) is 3.61. The highest BCUT2D eigenvalue weighted by molar-refractivity contribution is 6.18. The fourth-order valence-corrected chi connectivity index (χ4v) is 3.61. The zero-order valence-corrected chi connectivity index (χ0v) is 15.7. The molecule has 1 aliphatic carbocycles. The predicted molar refractivity (Wildman–Crippen MR) is 105 cm³/mol. The van der Waals surface area contributed by atoms with Crippen molar-refractivity contribution in [3.63, 3.8) is 0 Å². The van der Waals surface area contributed by atoms with Gasteiger partial charge in [0.15, 0.2) is 0 Å². The summed E-state index contributed by atoms with van der Waals surface area (Å²) in [7, 11) is 0. The van der Waals surface area contributed by atoms with Crippen LogP contribution in [0.5, 0.6) is 5.75 Å². The standard InChI is InChI=1S/C22H24N2O3/c1-15(2)27-18-9-7-17(8-10-18)23-20(25)22(12-13-22)21(26)24-14-11-16-5-3-4-6-19(16)24/h3-10,15H,11-14H2,1-2H3,(H,23,25). The summed E-state index contributed by atoms with van der Waals surface area (Å²) >= 11 is 0. The molecule has 27 heavy (non-hydrogen) atoms. The molecular formula is C22H24N2O3. The van der Waals surface area contributed by atoms with Crippen molar-refractivity contribution in [1.82, 2.24) is 0 Å². The van der Waals surface area contributed by atoms with E-state index in [0.29, 0.717) is 25.1 Å². The molecule has 2 amide bonds. The molecule has 0 spiro atoms. The summed E-state index contributed by atoms with van der Waals surface area (Å²) in [5.41, 5.74) is 1.86. The van der Waals surface area contributed by atoms with E-state index >= 15 is 0 Å². The maximum absolute atomic E-state index is 13.1. The lowest BCUT2D eigenvalue weighted by atomic mass is 10.0. The van der Waals surface area contributed by atoms with Crippen LogP contribution in [0.3, 0.4) is 0 Å². The number of rotatable bonds is 5. The number of ether oxygens (including phenoxy) is 1. The molecule has 2 aliphatic rings. The minimum absolute atomic E-state index is 0.0790. The molecule has 140 valence electrons. The van der Waals surface area contributed by atoms with Gasteiger partial charge in [-0.1, -0.05) is 18.2 Å². The third kappa shape index (κ3) is 3.29. The number of fused-ring (bicyclic) bond motifs is 1. The van der Waals surface area contributed by atoms with Crippen LogP contribution < -0.4 is 15.0 Å². The number of benzene rings is 2. The summed E-state index contributed by atoms with van der Waals surface area (Å²) in [5.74, 6) is 0.466. The molecule has 1 saturated carbocycles. The molecule has 1 fully saturated rings. The van der Waals surface area contributed by atoms with Crippen molar-refractivity contribution in [3.05, 3.63) is 54.1 Å². The van der Waals surface area contributed by atoms with E-state index in [0.717, 1.165) is 17.9 Å². The molecule has 2 aromatic carbocycles. The smallest absolute Gasteiger partial charge is 0.242 e. The molecule has 0 unspecified atom stereocenters. The average molecular weight is 364 g/mol. The van der Waals surface area contributed by atoms with Crippen LogP contribution in [0.15, 0.2) is 48.5 Å². The Hall–Kier alpha value is -2.82. The van der Waals surface area contributed by atoms with Crippen molar-refractivity contribution >= 4 is 23.2 Å². The van der Waals surface area contributed by atoms with Crippen molar-refractivity contribution in [2.75, 3.05) is 16.8 Å². The lowest BCUT2D eigenvalue weighted by molar-refractivity contribution is -0.132. The molecule has 0 radical (unpaired) electrons. The summed E-state index contributed by atoms with van der Waals surface area (Å²) in [4.78, 5) is 27.8. The number of anilines is 2. The summed E-state index contributed by atoms with van der Waals surface area (Å²) in [6.45, 7) is 4.58. The van der Waals surface area contributed by atoms with Crippen molar-refractivity contribution < 1.29 is 14.3 Å². The molecule has 0 bridgehead atoms. The third-order valence-corrected chi connectivity index (χ3v) is 5.21. The molecular weight excluding hydrogens is 340 g/mol. The monoisotopic (exact) mass is 364 g/mol. The van der Waals surface area contributed by atoms with Crippen LogP contribution in [-0.4, -0.2) is 24.5 Å². The van der Waals surface area contributed by atoms with Gasteiger partial charge in [0.05, 0.1) is 6.10 Å². The molecule has 2 aromatic rings. The van der Waals surface area contributed by atoms with E-state index in [1.807, 2.05) is 50.2 Å². The minimum Gasteiger partial charge on any atom is -0.491 e. The van der Waals surface area contributed by atoms with Crippen molar-refractivity contribution in [2.24, 2.45) is 5.41 Å². The van der Waals surface area contributed by atoms with E-state index in [-0.39, 0.29) is 17.9 Å². The van der Waals surface area contributed by atoms with Gasteiger partial charge in [0, 0.05) is 17.9 Å². The summed E-state index contributed by atoms with van der Waals surface area (Å²) < 4.78 is 5.62. The first-order chi connectivity index (χ1) is 13.0. The second kappa shape index (κ2) is 6.72. The second-order valence-corrected chi connectivity index (χ2v) is 7.56. The lowest BCUT2D eigenvalue weighted by Gasteiger charge is -2.23. The first-order valence-corrected chi connectivity index (χ1v) is 9.48. The Balaban J connectivity index is 1.46. The number of hydrogen-bond donors (Lipinski definition) is 1. The van der Waals surface area contributed by atoms with Crippen LogP contribution in [0.4, 0.5) is 11.4 Å². The third-order valence-electron chi connectivity index (χ3n) is 5.21. The quantitative estimate of drug-likeness (QED) is 0.822. The summed E-state index contributed by atoms with van der Waals surface area (Å²) in [5, 5.41) is 2.91. The van der Waals surface area contributed by atoms with Crippen molar-refractivity contribution in [3.8, 4) is 5.75 Å². The number of amides is 2. The Labute approximate surface area is 159 Å². The number of nitrogens with zero attached hydrogens (tertiary/aromatic N) is 1. The van der Waals surface area contributed by atoms with E-state index in [4.69, 9.17) is 4.74 Å². The SMILES string of the molecule is CC(C)Oc1ccc(NC(=O)C2(C(=O)N3CCc4ccccc43)CC2)cc1. The van der Waals surface area contributed by atoms with Gasteiger partial charge in [0.25, 0.3) is 0 Å². The first kappa shape index (κ1) is 17.6. The van der Waals surface area contributed by atoms with Gasteiger partial charge < -0.3 is 15.0 Å². The normalized spacial score (nSPS) is 16.8. The molecule has 5 heteroatoms. The molecule has 4 rings (SSSR count). The van der Waals surface area contributed by atoms with E-state index in [2.05, 4.69) is 5.32 Å². The van der Waals surface area contributed by atoms with E-state index in [9.17, 15) is 9.59 Å². The topological polar surface area (TPSA) is 58.6 Å². The maximum Gasteiger partial charge on any atom is 0.242 e. The molecule has 1 aliphatic heterocycles. The van der Waals surface area contributed by atoms with Crippen LogP contribution >= 0.6 is 0 Å². The molecule has 0 aromatic heterocycles. The number of nitrogens with one attached hydrogen (secondary N) is 1. The number of hydrogen-bond acceptors (Lipinski definition) is 3. The minimum atomic E-state index is -0.926. The first-order valence-electron chi connectivity index (χ1n) is 9.48. The Morgan fingerprint density at radius 3 is 2.44 bits per heavy atom. The van der Waals surface area contributed by atoms with Crippen molar-refractivity contribution in [1.29, 1.82) is 0 Å². The zero-order chi connectivity index (χ0) is 19.0. The van der Waals surface area contributed by atoms with Crippen LogP contribution in [0.1, 0.15) is 32.3 Å². The van der Waals surface area contributed by atoms with Gasteiger partial charge in [0.2, 0.25) is 11.8 Å². The number of para-hydroxylation sites is 1. The Kier molecular flexibility index (Phi) is 4.38. The van der Waals surface area contributed by atoms with Crippen molar-refractivity contribution in [2.45, 2.75) is 39.2 Å². The van der Waals surface area contributed by atoms with E-state index in [1.165, 1.54) is 5.56 Å². The Morgan fingerprint density at radius 2 is 1.78 bits per heavy atom. The number of carbonyl (C=O) groups excluding carboxylic acids is 2.